The number of ether oxygens (including phenoxy) is 1. The van der Waals surface area contributed by atoms with Crippen molar-refractivity contribution in [3.63, 3.8) is 0 Å². The summed E-state index contributed by atoms with van der Waals surface area (Å²) in [7, 11) is 0. The highest BCUT2D eigenvalue weighted by atomic mass is 16.6. The van der Waals surface area contributed by atoms with E-state index in [-0.39, 0.29) is 5.41 Å². The zero-order valence-corrected chi connectivity index (χ0v) is 9.27. The van der Waals surface area contributed by atoms with E-state index in [0.29, 0.717) is 6.61 Å². The van der Waals surface area contributed by atoms with Crippen LogP contribution in [0.25, 0.3) is 6.08 Å². The van der Waals surface area contributed by atoms with Gasteiger partial charge in [-0.2, -0.15) is 0 Å². The van der Waals surface area contributed by atoms with Gasteiger partial charge >= 0.3 is 0 Å². The zero-order chi connectivity index (χ0) is 11.8. The molecule has 0 spiro atoms. The van der Waals surface area contributed by atoms with Gasteiger partial charge in [-0.25, -0.2) is 0 Å². The molecule has 0 N–H and O–H groups in total. The summed E-state index contributed by atoms with van der Waals surface area (Å²) in [5.41, 5.74) is 1.85. The summed E-state index contributed by atoms with van der Waals surface area (Å²) in [6.45, 7) is 4.81. The number of rotatable bonds is 2. The molecule has 0 aliphatic carbocycles. The zero-order valence-electron chi connectivity index (χ0n) is 9.27. The summed E-state index contributed by atoms with van der Waals surface area (Å²) in [5, 5.41) is 10.3. The second kappa shape index (κ2) is 3.63. The van der Waals surface area contributed by atoms with Gasteiger partial charge in [-0.05, 0) is 0 Å². The van der Waals surface area contributed by atoms with E-state index >= 15 is 0 Å². The first-order chi connectivity index (χ1) is 7.50. The molecule has 1 aromatic carbocycles. The monoisotopic (exact) mass is 219 g/mol. The van der Waals surface area contributed by atoms with Crippen LogP contribution in [-0.2, 0) is 5.41 Å². The lowest BCUT2D eigenvalue weighted by Gasteiger charge is -2.14. The van der Waals surface area contributed by atoms with Gasteiger partial charge in [0, 0.05) is 22.6 Å². The number of nitro groups is 1. The Hall–Kier alpha value is -1.84. The van der Waals surface area contributed by atoms with Gasteiger partial charge in [0.15, 0.2) is 0 Å². The van der Waals surface area contributed by atoms with Gasteiger partial charge < -0.3 is 4.74 Å². The molecule has 2 rings (SSSR count). The number of hydrogen-bond donors (Lipinski definition) is 0. The number of fused-ring (bicyclic) bond motifs is 1. The van der Waals surface area contributed by atoms with Crippen molar-refractivity contribution in [2.45, 2.75) is 19.3 Å². The van der Waals surface area contributed by atoms with Gasteiger partial charge in [-0.3, -0.25) is 10.1 Å². The van der Waals surface area contributed by atoms with Crippen LogP contribution in [0.5, 0.6) is 5.75 Å². The molecule has 0 saturated carbocycles. The van der Waals surface area contributed by atoms with E-state index in [4.69, 9.17) is 4.74 Å². The maximum absolute atomic E-state index is 10.3. The second-order valence-electron chi connectivity index (χ2n) is 4.50. The second-order valence-corrected chi connectivity index (χ2v) is 4.50. The molecule has 16 heavy (non-hydrogen) atoms. The van der Waals surface area contributed by atoms with Crippen LogP contribution in [0.2, 0.25) is 0 Å². The van der Waals surface area contributed by atoms with E-state index in [0.717, 1.165) is 23.1 Å². The first kappa shape index (κ1) is 10.7. The highest BCUT2D eigenvalue weighted by molar-refractivity contribution is 5.62. The van der Waals surface area contributed by atoms with Crippen LogP contribution in [0.15, 0.2) is 24.4 Å². The number of hydrogen-bond acceptors (Lipinski definition) is 3. The van der Waals surface area contributed by atoms with Gasteiger partial charge in [0.1, 0.15) is 5.75 Å². The van der Waals surface area contributed by atoms with Gasteiger partial charge in [0.05, 0.1) is 11.5 Å². The molecule has 0 radical (unpaired) electrons. The van der Waals surface area contributed by atoms with Crippen molar-refractivity contribution in [2.75, 3.05) is 6.61 Å². The molecule has 1 aliphatic heterocycles. The van der Waals surface area contributed by atoms with E-state index in [1.165, 1.54) is 6.08 Å². The molecule has 0 unspecified atom stereocenters. The molecule has 0 saturated heterocycles. The highest BCUT2D eigenvalue weighted by Crippen LogP contribution is 2.40. The van der Waals surface area contributed by atoms with E-state index in [2.05, 4.69) is 13.8 Å². The predicted molar refractivity (Wildman–Crippen MR) is 61.0 cm³/mol. The molecule has 84 valence electrons. The Morgan fingerprint density at radius 2 is 2.25 bits per heavy atom. The van der Waals surface area contributed by atoms with E-state index in [9.17, 15) is 10.1 Å². The van der Waals surface area contributed by atoms with Crippen molar-refractivity contribution in [3.05, 3.63) is 45.6 Å². The highest BCUT2D eigenvalue weighted by Gasteiger charge is 2.32. The van der Waals surface area contributed by atoms with Crippen LogP contribution < -0.4 is 4.74 Å². The average Bonchev–Trinajstić information content (AvgIpc) is 2.53. The largest absolute Gasteiger partial charge is 0.492 e. The van der Waals surface area contributed by atoms with E-state index in [1.807, 2.05) is 18.2 Å². The molecular weight excluding hydrogens is 206 g/mol. The summed E-state index contributed by atoms with van der Waals surface area (Å²) < 4.78 is 5.60. The maximum Gasteiger partial charge on any atom is 0.235 e. The molecule has 1 aliphatic rings. The lowest BCUT2D eigenvalue weighted by Crippen LogP contribution is -2.18. The lowest BCUT2D eigenvalue weighted by atomic mass is 9.86. The van der Waals surface area contributed by atoms with Crippen molar-refractivity contribution in [3.8, 4) is 5.75 Å². The van der Waals surface area contributed by atoms with Gasteiger partial charge in [0.2, 0.25) is 6.20 Å². The van der Waals surface area contributed by atoms with Gasteiger partial charge in [-0.1, -0.05) is 32.0 Å². The number of nitrogens with zero attached hydrogens (tertiary/aromatic N) is 1. The van der Waals surface area contributed by atoms with Crippen LogP contribution in [0.4, 0.5) is 0 Å². The predicted octanol–water partition coefficient (Wildman–Crippen LogP) is 2.60. The quantitative estimate of drug-likeness (QED) is 0.567. The SMILES string of the molecule is CC1(C)COc2c(C=C[N+](=O)[O-])cccc21. The fourth-order valence-corrected chi connectivity index (χ4v) is 1.85. The first-order valence-corrected chi connectivity index (χ1v) is 5.09. The molecule has 1 aromatic rings. The average molecular weight is 219 g/mol. The van der Waals surface area contributed by atoms with Crippen LogP contribution in [-0.4, -0.2) is 11.5 Å². The Kier molecular flexibility index (Phi) is 2.42. The summed E-state index contributed by atoms with van der Waals surface area (Å²) in [4.78, 5) is 9.81. The van der Waals surface area contributed by atoms with Crippen molar-refractivity contribution >= 4 is 6.08 Å². The molecular formula is C12H13NO3. The number of para-hydroxylation sites is 1. The van der Waals surface area contributed by atoms with Crippen LogP contribution >= 0.6 is 0 Å². The third-order valence-electron chi connectivity index (χ3n) is 2.73. The topological polar surface area (TPSA) is 52.4 Å². The van der Waals surface area contributed by atoms with E-state index in [1.54, 1.807) is 0 Å². The lowest BCUT2D eigenvalue weighted by molar-refractivity contribution is -0.400. The Morgan fingerprint density at radius 3 is 2.94 bits per heavy atom. The molecule has 4 heteroatoms. The molecule has 0 bridgehead atoms. The Bertz CT molecular complexity index is 463. The van der Waals surface area contributed by atoms with Crippen molar-refractivity contribution < 1.29 is 9.66 Å². The Balaban J connectivity index is 2.44. The maximum atomic E-state index is 10.3. The molecule has 0 fully saturated rings. The fraction of sp³-hybridized carbons (Fsp3) is 0.333. The smallest absolute Gasteiger partial charge is 0.235 e. The first-order valence-electron chi connectivity index (χ1n) is 5.09. The van der Waals surface area contributed by atoms with Crippen LogP contribution in [0, 0.1) is 10.1 Å². The molecule has 0 amide bonds. The Morgan fingerprint density at radius 1 is 1.50 bits per heavy atom. The summed E-state index contributed by atoms with van der Waals surface area (Å²) in [6, 6.07) is 5.72. The van der Waals surface area contributed by atoms with Crippen LogP contribution in [0.3, 0.4) is 0 Å². The third-order valence-corrected chi connectivity index (χ3v) is 2.73. The summed E-state index contributed by atoms with van der Waals surface area (Å²) in [5.74, 6) is 0.769. The molecule has 1 heterocycles. The summed E-state index contributed by atoms with van der Waals surface area (Å²) >= 11 is 0. The van der Waals surface area contributed by atoms with Crippen molar-refractivity contribution in [2.24, 2.45) is 0 Å². The summed E-state index contributed by atoms with van der Waals surface area (Å²) in [6.07, 6.45) is 2.41. The molecule has 4 nitrogen and oxygen atoms in total. The normalized spacial score (nSPS) is 17.1. The third kappa shape index (κ3) is 1.78. The minimum atomic E-state index is -0.473. The standard InChI is InChI=1S/C12H13NO3/c1-12(2)8-16-11-9(6-7-13(14)15)4-3-5-10(11)12/h3-7H,8H2,1-2H3. The Labute approximate surface area is 93.7 Å². The van der Waals surface area contributed by atoms with Gasteiger partial charge in [0.25, 0.3) is 0 Å². The fourth-order valence-electron chi connectivity index (χ4n) is 1.85. The number of benzene rings is 1. The molecule has 0 aromatic heterocycles. The van der Waals surface area contributed by atoms with E-state index < -0.39 is 4.92 Å². The van der Waals surface area contributed by atoms with Crippen molar-refractivity contribution in [1.82, 2.24) is 0 Å². The van der Waals surface area contributed by atoms with Crippen LogP contribution in [0.1, 0.15) is 25.0 Å². The molecule has 0 atom stereocenters. The van der Waals surface area contributed by atoms with Crippen molar-refractivity contribution in [1.29, 1.82) is 0 Å². The minimum Gasteiger partial charge on any atom is -0.492 e. The van der Waals surface area contributed by atoms with Gasteiger partial charge in [-0.15, -0.1) is 0 Å². The minimum absolute atomic E-state index is 0.0200.